The van der Waals surface area contributed by atoms with Gasteiger partial charge in [-0.15, -0.1) is 0 Å². The van der Waals surface area contributed by atoms with Gasteiger partial charge >= 0.3 is 12.0 Å². The second-order valence-electron chi connectivity index (χ2n) is 8.27. The number of nitrogens with one attached hydrogen (secondary N) is 2. The predicted molar refractivity (Wildman–Crippen MR) is 126 cm³/mol. The lowest BCUT2D eigenvalue weighted by molar-refractivity contribution is 0.0526. The Hall–Kier alpha value is -2.82. The molecule has 0 aliphatic heterocycles. The Labute approximate surface area is 193 Å². The molecule has 1 aromatic heterocycles. The highest BCUT2D eigenvalue weighted by Gasteiger charge is 2.16. The van der Waals surface area contributed by atoms with Crippen LogP contribution in [-0.2, 0) is 4.74 Å². The lowest BCUT2D eigenvalue weighted by Crippen LogP contribution is -2.33. The number of nitrogens with zero attached hydrogens (tertiary/aromatic N) is 3. The maximum Gasteiger partial charge on any atom is 0.407 e. The maximum absolute atomic E-state index is 12.1. The average Bonchev–Trinajstić information content (AvgIpc) is 2.67. The van der Waals surface area contributed by atoms with Gasteiger partial charge in [-0.25, -0.2) is 14.8 Å². The number of hydrogen-bond acceptors (Lipinski definition) is 7. The van der Waals surface area contributed by atoms with Crippen LogP contribution in [0.15, 0.2) is 4.99 Å². The molecule has 12 heteroatoms. The summed E-state index contributed by atoms with van der Waals surface area (Å²) in [6.07, 6.45) is 6.83. The second kappa shape index (κ2) is 13.6. The van der Waals surface area contributed by atoms with Gasteiger partial charge in [-0.2, -0.15) is 4.99 Å². The summed E-state index contributed by atoms with van der Waals surface area (Å²) >= 11 is 5.76. The van der Waals surface area contributed by atoms with Gasteiger partial charge in [-0.3, -0.25) is 4.79 Å². The number of anilines is 2. The van der Waals surface area contributed by atoms with Crippen molar-refractivity contribution >= 4 is 41.2 Å². The van der Waals surface area contributed by atoms with Crippen LogP contribution in [0.2, 0.25) is 5.15 Å². The minimum Gasteiger partial charge on any atom is -0.444 e. The molecule has 1 aromatic rings. The zero-order valence-corrected chi connectivity index (χ0v) is 19.8. The lowest BCUT2D eigenvalue weighted by atomic mass is 10.1. The summed E-state index contributed by atoms with van der Waals surface area (Å²) in [6.45, 7) is 6.73. The van der Waals surface area contributed by atoms with Crippen LogP contribution in [0.4, 0.5) is 16.4 Å². The van der Waals surface area contributed by atoms with E-state index in [1.165, 1.54) is 0 Å². The van der Waals surface area contributed by atoms with Gasteiger partial charge in [0.25, 0.3) is 0 Å². The van der Waals surface area contributed by atoms with E-state index in [0.29, 0.717) is 13.1 Å². The molecule has 0 saturated heterocycles. The summed E-state index contributed by atoms with van der Waals surface area (Å²) in [5, 5.41) is 5.52. The number of halogens is 1. The number of unbranched alkanes of at least 4 members (excludes halogenated alkanes) is 6. The number of aromatic nitrogens is 2. The molecular formula is C20H35ClN8O3. The fourth-order valence-electron chi connectivity index (χ4n) is 2.66. The van der Waals surface area contributed by atoms with Crippen molar-refractivity contribution in [2.24, 2.45) is 10.7 Å². The molecule has 0 radical (unpaired) electrons. The quantitative estimate of drug-likeness (QED) is 0.184. The van der Waals surface area contributed by atoms with E-state index in [1.807, 2.05) is 20.8 Å². The molecule has 0 unspecified atom stereocenters. The standard InChI is InChI=1S/C20H35ClN8O3/c1-20(2,3)32-19(31)26-12-10-8-6-4-5-7-9-11-25-18(24)29-17(30)13-15(22)28-16(23)14(21)27-13/h4-12H2,1-3H3,(H,26,31)(H4,22,23,28)(H3,24,25,29,30). The van der Waals surface area contributed by atoms with E-state index in [0.717, 1.165) is 44.9 Å². The Morgan fingerprint density at radius 2 is 1.47 bits per heavy atom. The van der Waals surface area contributed by atoms with Crippen LogP contribution in [0.5, 0.6) is 0 Å². The van der Waals surface area contributed by atoms with Crippen molar-refractivity contribution in [1.29, 1.82) is 0 Å². The molecule has 11 nitrogen and oxygen atoms in total. The number of guanidine groups is 1. The zero-order chi connectivity index (χ0) is 24.1. The summed E-state index contributed by atoms with van der Waals surface area (Å²) in [4.78, 5) is 34.9. The first-order valence-corrected chi connectivity index (χ1v) is 11.0. The minimum atomic E-state index is -0.747. The van der Waals surface area contributed by atoms with E-state index in [1.54, 1.807) is 0 Å². The Kier molecular flexibility index (Phi) is 11.5. The number of carbonyl (C=O) groups is 2. The van der Waals surface area contributed by atoms with E-state index in [-0.39, 0.29) is 34.5 Å². The highest BCUT2D eigenvalue weighted by Crippen LogP contribution is 2.17. The number of aliphatic imine (C=N–C) groups is 1. The predicted octanol–water partition coefficient (Wildman–Crippen LogP) is 2.59. The molecule has 180 valence electrons. The van der Waals surface area contributed by atoms with Gasteiger partial charge in [-0.1, -0.05) is 43.7 Å². The number of carbonyl (C=O) groups excluding carboxylic acids is 2. The van der Waals surface area contributed by atoms with Crippen LogP contribution in [0.1, 0.15) is 76.2 Å². The third-order valence-electron chi connectivity index (χ3n) is 4.16. The molecule has 0 fully saturated rings. The number of amides is 2. The second-order valence-corrected chi connectivity index (χ2v) is 8.62. The van der Waals surface area contributed by atoms with Crippen molar-refractivity contribution in [1.82, 2.24) is 20.6 Å². The van der Waals surface area contributed by atoms with Crippen LogP contribution in [0.25, 0.3) is 0 Å². The number of nitrogens with two attached hydrogens (primary N) is 3. The van der Waals surface area contributed by atoms with Gasteiger partial charge in [0.1, 0.15) is 5.60 Å². The van der Waals surface area contributed by atoms with Crippen LogP contribution >= 0.6 is 11.6 Å². The number of rotatable bonds is 11. The minimum absolute atomic E-state index is 0.0263. The summed E-state index contributed by atoms with van der Waals surface area (Å²) in [6, 6.07) is 0. The van der Waals surface area contributed by atoms with Crippen LogP contribution in [-0.4, -0.2) is 46.6 Å². The molecule has 1 rings (SSSR count). The summed E-state index contributed by atoms with van der Waals surface area (Å²) in [7, 11) is 0. The first kappa shape index (κ1) is 27.2. The monoisotopic (exact) mass is 470 g/mol. The van der Waals surface area contributed by atoms with Gasteiger partial charge in [0.05, 0.1) is 0 Å². The van der Waals surface area contributed by atoms with E-state index in [9.17, 15) is 9.59 Å². The maximum atomic E-state index is 12.1. The largest absolute Gasteiger partial charge is 0.444 e. The molecule has 32 heavy (non-hydrogen) atoms. The van der Waals surface area contributed by atoms with Gasteiger partial charge in [-0.05, 0) is 33.6 Å². The van der Waals surface area contributed by atoms with Crippen LogP contribution in [0, 0.1) is 0 Å². The van der Waals surface area contributed by atoms with Gasteiger partial charge < -0.3 is 32.6 Å². The highest BCUT2D eigenvalue weighted by molar-refractivity contribution is 6.31. The molecule has 2 amide bonds. The van der Waals surface area contributed by atoms with Crippen LogP contribution < -0.4 is 27.8 Å². The molecule has 0 atom stereocenters. The van der Waals surface area contributed by atoms with Gasteiger partial charge in [0, 0.05) is 13.1 Å². The summed E-state index contributed by atoms with van der Waals surface area (Å²) in [5.74, 6) is -0.993. The number of hydrogen-bond donors (Lipinski definition) is 5. The number of alkyl carbamates (subject to hydrolysis) is 1. The van der Waals surface area contributed by atoms with Gasteiger partial charge in [0.15, 0.2) is 28.4 Å². The van der Waals surface area contributed by atoms with Gasteiger partial charge in [0.2, 0.25) is 0 Å². The smallest absolute Gasteiger partial charge is 0.407 e. The fraction of sp³-hybridized carbons (Fsp3) is 0.650. The Morgan fingerprint density at radius 1 is 0.938 bits per heavy atom. The molecule has 1 heterocycles. The van der Waals surface area contributed by atoms with Crippen molar-refractivity contribution < 1.29 is 14.3 Å². The molecule has 0 aliphatic rings. The SMILES string of the molecule is CC(C)(C)OC(=O)NCCCCCCCCCNC(N)=NC(=O)c1nc(Cl)c(N)nc1N. The first-order valence-electron chi connectivity index (χ1n) is 10.7. The normalized spacial score (nSPS) is 11.8. The highest BCUT2D eigenvalue weighted by atomic mass is 35.5. The lowest BCUT2D eigenvalue weighted by Gasteiger charge is -2.19. The molecule has 0 spiro atoms. The van der Waals surface area contributed by atoms with E-state index >= 15 is 0 Å². The third kappa shape index (κ3) is 11.5. The van der Waals surface area contributed by atoms with E-state index in [2.05, 4.69) is 25.6 Å². The third-order valence-corrected chi connectivity index (χ3v) is 4.44. The van der Waals surface area contributed by atoms with Crippen molar-refractivity contribution in [2.45, 2.75) is 71.3 Å². The van der Waals surface area contributed by atoms with Crippen molar-refractivity contribution in [3.63, 3.8) is 0 Å². The molecule has 0 aliphatic carbocycles. The topological polar surface area (TPSA) is 184 Å². The first-order chi connectivity index (χ1) is 15.0. The molecule has 0 bridgehead atoms. The summed E-state index contributed by atoms with van der Waals surface area (Å²) < 4.78 is 5.18. The van der Waals surface area contributed by atoms with E-state index in [4.69, 9.17) is 33.5 Å². The van der Waals surface area contributed by atoms with Crippen LogP contribution in [0.3, 0.4) is 0 Å². The Balaban J connectivity index is 2.10. The number of nitrogen functional groups attached to an aromatic ring is 2. The van der Waals surface area contributed by atoms with Crippen molar-refractivity contribution in [3.8, 4) is 0 Å². The molecule has 0 saturated carbocycles. The zero-order valence-electron chi connectivity index (χ0n) is 19.0. The molecular weight excluding hydrogens is 436 g/mol. The van der Waals surface area contributed by atoms with Crippen molar-refractivity contribution in [2.75, 3.05) is 24.6 Å². The fourth-order valence-corrected chi connectivity index (χ4v) is 2.78. The van der Waals surface area contributed by atoms with E-state index < -0.39 is 11.5 Å². The Bertz CT molecular complexity index is 796. The number of ether oxygens (including phenoxy) is 1. The molecule has 8 N–H and O–H groups in total. The Morgan fingerprint density at radius 3 is 2.03 bits per heavy atom. The molecule has 0 aromatic carbocycles. The summed E-state index contributed by atoms with van der Waals surface area (Å²) in [5.41, 5.74) is 16.2. The van der Waals surface area contributed by atoms with Crippen molar-refractivity contribution in [3.05, 3.63) is 10.8 Å². The average molecular weight is 471 g/mol.